The van der Waals surface area contributed by atoms with Crippen molar-refractivity contribution in [3.8, 4) is 11.5 Å². The van der Waals surface area contributed by atoms with E-state index in [-0.39, 0.29) is 22.6 Å². The van der Waals surface area contributed by atoms with E-state index in [2.05, 4.69) is 0 Å². The molecule has 1 heterocycles. The first-order chi connectivity index (χ1) is 14.8. The van der Waals surface area contributed by atoms with Gasteiger partial charge in [0.15, 0.2) is 5.75 Å². The van der Waals surface area contributed by atoms with Gasteiger partial charge in [-0.2, -0.15) is 0 Å². The molecule has 0 unspecified atom stereocenters. The number of allylic oxidation sites excluding steroid dienone is 1. The SMILES string of the molecule is COC(=O)C1=C(C)N(c2ccc(OC)cc2)C(=O)/C1=C\c1ccc(OC)c([N+](=O)[O-])c1. The summed E-state index contributed by atoms with van der Waals surface area (Å²) in [6.07, 6.45) is 1.42. The molecule has 160 valence electrons. The Labute approximate surface area is 178 Å². The fraction of sp³-hybridized carbons (Fsp3) is 0.182. The van der Waals surface area contributed by atoms with Crippen molar-refractivity contribution in [3.05, 3.63) is 75.0 Å². The Bertz CT molecular complexity index is 1120. The van der Waals surface area contributed by atoms with Crippen LogP contribution in [0.15, 0.2) is 59.3 Å². The van der Waals surface area contributed by atoms with Crippen LogP contribution < -0.4 is 14.4 Å². The average Bonchev–Trinajstić information content (AvgIpc) is 3.02. The third-order valence-corrected chi connectivity index (χ3v) is 4.83. The van der Waals surface area contributed by atoms with E-state index in [1.165, 1.54) is 44.4 Å². The van der Waals surface area contributed by atoms with Crippen LogP contribution in [0.4, 0.5) is 11.4 Å². The molecular formula is C22H20N2O7. The molecule has 31 heavy (non-hydrogen) atoms. The topological polar surface area (TPSA) is 108 Å². The standard InChI is InChI=1S/C22H20N2O7/c1-13-20(22(26)31-4)17(11-14-5-10-19(30-3)18(12-14)24(27)28)21(25)23(13)15-6-8-16(29-2)9-7-15/h5-12H,1-4H3/b17-11-. The van der Waals surface area contributed by atoms with Crippen LogP contribution in [-0.4, -0.2) is 38.1 Å². The lowest BCUT2D eigenvalue weighted by Crippen LogP contribution is -2.24. The maximum absolute atomic E-state index is 13.3. The molecule has 1 aliphatic rings. The molecule has 0 fully saturated rings. The average molecular weight is 424 g/mol. The van der Waals surface area contributed by atoms with Crippen molar-refractivity contribution in [2.24, 2.45) is 0 Å². The van der Waals surface area contributed by atoms with Crippen LogP contribution in [0.3, 0.4) is 0 Å². The molecule has 0 aromatic heterocycles. The van der Waals surface area contributed by atoms with Gasteiger partial charge in [-0.1, -0.05) is 6.07 Å². The fourth-order valence-corrected chi connectivity index (χ4v) is 3.33. The van der Waals surface area contributed by atoms with Gasteiger partial charge in [0, 0.05) is 17.5 Å². The van der Waals surface area contributed by atoms with E-state index in [1.807, 2.05) is 0 Å². The number of carbonyl (C=O) groups excluding carboxylic acids is 2. The number of hydrogen-bond donors (Lipinski definition) is 0. The summed E-state index contributed by atoms with van der Waals surface area (Å²) in [5.74, 6) is -0.436. The van der Waals surface area contributed by atoms with Crippen molar-refractivity contribution in [3.63, 3.8) is 0 Å². The lowest BCUT2D eigenvalue weighted by molar-refractivity contribution is -0.385. The summed E-state index contributed by atoms with van der Waals surface area (Å²) in [5, 5.41) is 11.3. The highest BCUT2D eigenvalue weighted by molar-refractivity contribution is 6.23. The highest BCUT2D eigenvalue weighted by Gasteiger charge is 2.38. The van der Waals surface area contributed by atoms with Gasteiger partial charge < -0.3 is 14.2 Å². The number of nitro groups is 1. The second-order valence-electron chi connectivity index (χ2n) is 6.54. The molecule has 1 amide bonds. The van der Waals surface area contributed by atoms with E-state index >= 15 is 0 Å². The molecule has 0 N–H and O–H groups in total. The maximum Gasteiger partial charge on any atom is 0.340 e. The molecule has 0 saturated carbocycles. The van der Waals surface area contributed by atoms with Gasteiger partial charge in [0.05, 0.1) is 37.4 Å². The van der Waals surface area contributed by atoms with Crippen LogP contribution in [0.2, 0.25) is 0 Å². The largest absolute Gasteiger partial charge is 0.497 e. The molecule has 1 aliphatic heterocycles. The Kier molecular flexibility index (Phi) is 6.05. The van der Waals surface area contributed by atoms with Crippen LogP contribution in [0.1, 0.15) is 12.5 Å². The molecular weight excluding hydrogens is 404 g/mol. The zero-order valence-corrected chi connectivity index (χ0v) is 17.4. The zero-order valence-electron chi connectivity index (χ0n) is 17.4. The summed E-state index contributed by atoms with van der Waals surface area (Å²) in [7, 11) is 4.08. The first kappa shape index (κ1) is 21.6. The van der Waals surface area contributed by atoms with Gasteiger partial charge in [-0.3, -0.25) is 19.8 Å². The quantitative estimate of drug-likeness (QED) is 0.302. The lowest BCUT2D eigenvalue weighted by Gasteiger charge is -2.18. The molecule has 9 nitrogen and oxygen atoms in total. The number of anilines is 1. The molecule has 2 aromatic rings. The summed E-state index contributed by atoms with van der Waals surface area (Å²) < 4.78 is 15.0. The van der Waals surface area contributed by atoms with Gasteiger partial charge in [-0.15, -0.1) is 0 Å². The van der Waals surface area contributed by atoms with Crippen molar-refractivity contribution in [2.75, 3.05) is 26.2 Å². The highest BCUT2D eigenvalue weighted by Crippen LogP contribution is 2.37. The Morgan fingerprint density at radius 3 is 2.29 bits per heavy atom. The molecule has 0 bridgehead atoms. The Hall–Kier alpha value is -4.14. The van der Waals surface area contributed by atoms with Crippen LogP contribution >= 0.6 is 0 Å². The lowest BCUT2D eigenvalue weighted by atomic mass is 10.0. The summed E-state index contributed by atoms with van der Waals surface area (Å²) in [6, 6.07) is 11.0. The normalized spacial score (nSPS) is 14.8. The number of esters is 1. The maximum atomic E-state index is 13.3. The van der Waals surface area contributed by atoms with Crippen LogP contribution in [0.5, 0.6) is 11.5 Å². The predicted octanol–water partition coefficient (Wildman–Crippen LogP) is 3.49. The number of methoxy groups -OCH3 is 3. The molecule has 0 radical (unpaired) electrons. The Balaban J connectivity index is 2.12. The number of nitrogens with zero attached hydrogens (tertiary/aromatic N) is 2. The van der Waals surface area contributed by atoms with E-state index in [0.717, 1.165) is 0 Å². The van der Waals surface area contributed by atoms with Crippen molar-refractivity contribution >= 4 is 29.3 Å². The molecule has 0 saturated heterocycles. The van der Waals surface area contributed by atoms with Gasteiger partial charge in [-0.05, 0) is 48.9 Å². The number of nitro benzene ring substituents is 1. The summed E-state index contributed by atoms with van der Waals surface area (Å²) in [6.45, 7) is 1.63. The smallest absolute Gasteiger partial charge is 0.340 e. The van der Waals surface area contributed by atoms with Crippen molar-refractivity contribution in [2.45, 2.75) is 6.92 Å². The number of ether oxygens (including phenoxy) is 3. The number of benzene rings is 2. The van der Waals surface area contributed by atoms with Gasteiger partial charge in [-0.25, -0.2) is 4.79 Å². The molecule has 0 aliphatic carbocycles. The van der Waals surface area contributed by atoms with Gasteiger partial charge in [0.2, 0.25) is 0 Å². The molecule has 0 spiro atoms. The monoisotopic (exact) mass is 424 g/mol. The number of hydrogen-bond acceptors (Lipinski definition) is 7. The molecule has 9 heteroatoms. The van der Waals surface area contributed by atoms with E-state index in [4.69, 9.17) is 14.2 Å². The van der Waals surface area contributed by atoms with E-state index in [9.17, 15) is 19.7 Å². The van der Waals surface area contributed by atoms with Crippen LogP contribution in [-0.2, 0) is 14.3 Å². The van der Waals surface area contributed by atoms with E-state index in [0.29, 0.717) is 22.7 Å². The second kappa shape index (κ2) is 8.70. The summed E-state index contributed by atoms with van der Waals surface area (Å²) in [4.78, 5) is 37.9. The number of carbonyl (C=O) groups is 2. The third-order valence-electron chi connectivity index (χ3n) is 4.83. The van der Waals surface area contributed by atoms with Gasteiger partial charge in [0.1, 0.15) is 5.75 Å². The Morgan fingerprint density at radius 2 is 1.74 bits per heavy atom. The van der Waals surface area contributed by atoms with Gasteiger partial charge >= 0.3 is 11.7 Å². The van der Waals surface area contributed by atoms with Crippen LogP contribution in [0.25, 0.3) is 6.08 Å². The van der Waals surface area contributed by atoms with Gasteiger partial charge in [0.25, 0.3) is 5.91 Å². The van der Waals surface area contributed by atoms with E-state index in [1.54, 1.807) is 37.3 Å². The Morgan fingerprint density at radius 1 is 1.06 bits per heavy atom. The zero-order chi connectivity index (χ0) is 22.7. The minimum atomic E-state index is -0.684. The van der Waals surface area contributed by atoms with Crippen molar-refractivity contribution in [1.82, 2.24) is 0 Å². The van der Waals surface area contributed by atoms with Crippen molar-refractivity contribution < 1.29 is 28.7 Å². The minimum Gasteiger partial charge on any atom is -0.497 e. The minimum absolute atomic E-state index is 0.0691. The fourth-order valence-electron chi connectivity index (χ4n) is 3.33. The van der Waals surface area contributed by atoms with Crippen LogP contribution in [0, 0.1) is 10.1 Å². The molecule has 3 rings (SSSR count). The number of amides is 1. The summed E-state index contributed by atoms with van der Waals surface area (Å²) in [5.41, 5.74) is 1.18. The van der Waals surface area contributed by atoms with Crippen molar-refractivity contribution in [1.29, 1.82) is 0 Å². The highest BCUT2D eigenvalue weighted by atomic mass is 16.6. The molecule has 2 aromatic carbocycles. The predicted molar refractivity (Wildman–Crippen MR) is 113 cm³/mol. The summed E-state index contributed by atoms with van der Waals surface area (Å²) >= 11 is 0. The third kappa shape index (κ3) is 3.97. The van der Waals surface area contributed by atoms with E-state index < -0.39 is 16.8 Å². The second-order valence-corrected chi connectivity index (χ2v) is 6.54. The first-order valence-electron chi connectivity index (χ1n) is 9.14. The first-order valence-corrected chi connectivity index (χ1v) is 9.14. The number of rotatable bonds is 6. The molecule has 0 atom stereocenters.